The van der Waals surface area contributed by atoms with Crippen molar-refractivity contribution in [2.24, 2.45) is 5.73 Å². The average molecular weight is 456 g/mol. The van der Waals surface area contributed by atoms with Crippen LogP contribution in [0, 0.1) is 13.8 Å². The summed E-state index contributed by atoms with van der Waals surface area (Å²) in [7, 11) is 0. The molecule has 0 aliphatic carbocycles. The second-order valence-corrected chi connectivity index (χ2v) is 7.45. The van der Waals surface area contributed by atoms with Gasteiger partial charge in [0.2, 0.25) is 5.95 Å². The summed E-state index contributed by atoms with van der Waals surface area (Å²) in [5, 5.41) is 4.04. The number of fused-ring (bicyclic) bond motifs is 1. The number of hydrogen-bond donors (Lipinski definition) is 2. The Balaban J connectivity index is 0.00000129. The molecule has 0 spiro atoms. The van der Waals surface area contributed by atoms with Crippen LogP contribution in [0.2, 0.25) is 0 Å². The predicted octanol–water partition coefficient (Wildman–Crippen LogP) is 4.00. The maximum Gasteiger partial charge on any atom is 0.228 e. The zero-order valence-electron chi connectivity index (χ0n) is 19.7. The third-order valence-electron chi connectivity index (χ3n) is 4.99. The van der Waals surface area contributed by atoms with E-state index in [0.717, 1.165) is 36.0 Å². The molecule has 0 saturated heterocycles. The number of benzene rings is 2. The molecule has 0 radical (unpaired) electrons. The first-order valence-electron chi connectivity index (χ1n) is 10.8. The summed E-state index contributed by atoms with van der Waals surface area (Å²) in [5.41, 5.74) is 9.88. The minimum absolute atomic E-state index is 0.0167. The Morgan fingerprint density at radius 1 is 1.09 bits per heavy atom. The van der Waals surface area contributed by atoms with Crippen LogP contribution in [-0.4, -0.2) is 49.4 Å². The molecule has 0 aliphatic heterocycles. The fraction of sp³-hybridized carbons (Fsp3) is 0.360. The fourth-order valence-corrected chi connectivity index (χ4v) is 3.31. The molecule has 3 N–H and O–H groups in total. The van der Waals surface area contributed by atoms with Gasteiger partial charge in [-0.05, 0) is 43.5 Å². The van der Waals surface area contributed by atoms with Crippen LogP contribution >= 0.6 is 0 Å². The van der Waals surface area contributed by atoms with E-state index in [-0.39, 0.29) is 13.1 Å². The molecule has 178 valence electrons. The van der Waals surface area contributed by atoms with Gasteiger partial charge in [0.25, 0.3) is 0 Å². The monoisotopic (exact) mass is 455 g/mol. The molecule has 33 heavy (non-hydrogen) atoms. The highest BCUT2D eigenvalue weighted by Gasteiger charge is 2.16. The second kappa shape index (κ2) is 14.6. The maximum atomic E-state index is 13.8. The lowest BCUT2D eigenvalue weighted by atomic mass is 10.1. The standard InChI is InChI=1S/C23H30FN5.2CH2O/c1-4-11-29(15-18-8-6-5-7-17(18)3)23-27-21-10-9-16(2)12-20(21)22(28-23)26-14-19(24)13-25;2*1-2/h5-10,12,19H,4,11,13-15,25H2,1-3H3,(H,26,27,28);2*1H2. The number of nitrogens with zero attached hydrogens (tertiary/aromatic N) is 3. The van der Waals surface area contributed by atoms with Crippen LogP contribution in [0.4, 0.5) is 16.2 Å². The molecule has 8 heteroatoms. The van der Waals surface area contributed by atoms with E-state index in [2.05, 4.69) is 42.3 Å². The summed E-state index contributed by atoms with van der Waals surface area (Å²) in [5.74, 6) is 1.30. The van der Waals surface area contributed by atoms with Crippen LogP contribution in [-0.2, 0) is 16.1 Å². The Labute approximate surface area is 195 Å². The number of halogens is 1. The van der Waals surface area contributed by atoms with Crippen molar-refractivity contribution in [2.75, 3.05) is 29.9 Å². The number of nitrogens with one attached hydrogen (secondary N) is 1. The lowest BCUT2D eigenvalue weighted by Crippen LogP contribution is -2.27. The Morgan fingerprint density at radius 2 is 1.79 bits per heavy atom. The van der Waals surface area contributed by atoms with Crippen LogP contribution in [0.5, 0.6) is 0 Å². The van der Waals surface area contributed by atoms with Gasteiger partial charge in [-0.2, -0.15) is 4.98 Å². The molecular formula is C25H34FN5O2. The summed E-state index contributed by atoms with van der Waals surface area (Å²) in [6.45, 7) is 12.0. The molecule has 1 aromatic heterocycles. The van der Waals surface area contributed by atoms with Gasteiger partial charge < -0.3 is 25.5 Å². The molecule has 1 atom stereocenters. The van der Waals surface area contributed by atoms with E-state index in [4.69, 9.17) is 25.3 Å². The zero-order chi connectivity index (χ0) is 24.8. The van der Waals surface area contributed by atoms with Gasteiger partial charge in [0.1, 0.15) is 25.6 Å². The molecule has 0 amide bonds. The van der Waals surface area contributed by atoms with Crippen LogP contribution in [0.15, 0.2) is 42.5 Å². The minimum atomic E-state index is -1.12. The summed E-state index contributed by atoms with van der Waals surface area (Å²) in [6.07, 6.45) is -0.143. The predicted molar refractivity (Wildman–Crippen MR) is 133 cm³/mol. The zero-order valence-corrected chi connectivity index (χ0v) is 19.7. The number of carbonyl (C=O) groups excluding carboxylic acids is 2. The molecule has 0 bridgehead atoms. The highest BCUT2D eigenvalue weighted by Crippen LogP contribution is 2.26. The van der Waals surface area contributed by atoms with Crippen molar-refractivity contribution < 1.29 is 14.0 Å². The van der Waals surface area contributed by atoms with E-state index >= 15 is 0 Å². The number of rotatable bonds is 9. The van der Waals surface area contributed by atoms with Crippen molar-refractivity contribution >= 4 is 36.2 Å². The SMILES string of the molecule is C=O.C=O.CCCN(Cc1ccccc1C)c1nc(NCC(F)CN)c2cc(C)ccc2n1. The number of carbonyl (C=O) groups is 2. The number of nitrogens with two attached hydrogens (primary N) is 1. The highest BCUT2D eigenvalue weighted by molar-refractivity contribution is 5.90. The van der Waals surface area contributed by atoms with Gasteiger partial charge in [-0.15, -0.1) is 0 Å². The molecule has 2 aromatic carbocycles. The summed E-state index contributed by atoms with van der Waals surface area (Å²) in [4.78, 5) is 27.8. The molecule has 1 unspecified atom stereocenters. The summed E-state index contributed by atoms with van der Waals surface area (Å²) < 4.78 is 13.8. The molecule has 0 saturated carbocycles. The minimum Gasteiger partial charge on any atom is -0.366 e. The normalized spacial score (nSPS) is 10.9. The molecule has 1 heterocycles. The molecule has 3 rings (SSSR count). The van der Waals surface area contributed by atoms with E-state index in [0.29, 0.717) is 11.8 Å². The van der Waals surface area contributed by atoms with Crippen LogP contribution in [0.25, 0.3) is 10.9 Å². The molecule has 0 aliphatic rings. The topological polar surface area (TPSA) is 101 Å². The smallest absolute Gasteiger partial charge is 0.228 e. The van der Waals surface area contributed by atoms with Crippen LogP contribution in [0.3, 0.4) is 0 Å². The van der Waals surface area contributed by atoms with Gasteiger partial charge in [0, 0.05) is 31.6 Å². The Morgan fingerprint density at radius 3 is 2.42 bits per heavy atom. The first-order chi connectivity index (χ1) is 16.0. The third-order valence-corrected chi connectivity index (χ3v) is 4.99. The lowest BCUT2D eigenvalue weighted by molar-refractivity contribution is -0.0987. The van der Waals surface area contributed by atoms with Crippen molar-refractivity contribution in [3.05, 3.63) is 59.2 Å². The van der Waals surface area contributed by atoms with E-state index in [1.165, 1.54) is 11.1 Å². The van der Waals surface area contributed by atoms with Gasteiger partial charge in [-0.25, -0.2) is 9.37 Å². The first kappa shape index (κ1) is 27.6. The quantitative estimate of drug-likeness (QED) is 0.503. The second-order valence-electron chi connectivity index (χ2n) is 7.45. The van der Waals surface area contributed by atoms with Crippen molar-refractivity contribution in [1.82, 2.24) is 9.97 Å². The average Bonchev–Trinajstić information content (AvgIpc) is 2.85. The van der Waals surface area contributed by atoms with E-state index < -0.39 is 6.17 Å². The fourth-order valence-electron chi connectivity index (χ4n) is 3.31. The summed E-state index contributed by atoms with van der Waals surface area (Å²) in [6, 6.07) is 14.4. The van der Waals surface area contributed by atoms with Crippen molar-refractivity contribution in [3.8, 4) is 0 Å². The van der Waals surface area contributed by atoms with E-state index in [1.54, 1.807) is 0 Å². The van der Waals surface area contributed by atoms with Crippen molar-refractivity contribution in [1.29, 1.82) is 0 Å². The van der Waals surface area contributed by atoms with Gasteiger partial charge in [-0.3, -0.25) is 0 Å². The number of anilines is 2. The summed E-state index contributed by atoms with van der Waals surface area (Å²) >= 11 is 0. The molecule has 0 fully saturated rings. The number of aryl methyl sites for hydroxylation is 2. The van der Waals surface area contributed by atoms with Crippen LogP contribution < -0.4 is 16.0 Å². The first-order valence-corrected chi connectivity index (χ1v) is 10.8. The lowest BCUT2D eigenvalue weighted by Gasteiger charge is -2.24. The maximum absolute atomic E-state index is 13.8. The molecule has 7 nitrogen and oxygen atoms in total. The Kier molecular flexibility index (Phi) is 12.3. The molecule has 3 aromatic rings. The number of aromatic nitrogens is 2. The van der Waals surface area contributed by atoms with Crippen LogP contribution in [0.1, 0.15) is 30.0 Å². The van der Waals surface area contributed by atoms with Gasteiger partial charge in [0.15, 0.2) is 0 Å². The van der Waals surface area contributed by atoms with Gasteiger partial charge in [-0.1, -0.05) is 42.8 Å². The number of hydrogen-bond acceptors (Lipinski definition) is 7. The Bertz CT molecular complexity index is 1000. The number of alkyl halides is 1. The highest BCUT2D eigenvalue weighted by atomic mass is 19.1. The van der Waals surface area contributed by atoms with Gasteiger partial charge in [0.05, 0.1) is 5.52 Å². The van der Waals surface area contributed by atoms with Crippen molar-refractivity contribution in [3.63, 3.8) is 0 Å². The van der Waals surface area contributed by atoms with E-state index in [1.807, 2.05) is 44.8 Å². The molecular weight excluding hydrogens is 421 g/mol. The van der Waals surface area contributed by atoms with E-state index in [9.17, 15) is 4.39 Å². The Hall–Kier alpha value is -3.39. The van der Waals surface area contributed by atoms with Crippen molar-refractivity contribution in [2.45, 2.75) is 39.9 Å². The largest absolute Gasteiger partial charge is 0.366 e. The third kappa shape index (κ3) is 7.91. The van der Waals surface area contributed by atoms with Gasteiger partial charge >= 0.3 is 0 Å².